The summed E-state index contributed by atoms with van der Waals surface area (Å²) >= 11 is 2.20. The molecule has 7 heteroatoms. The number of nitro benzene ring substituents is 1. The molecule has 0 atom stereocenters. The van der Waals surface area contributed by atoms with Crippen molar-refractivity contribution in [1.82, 2.24) is 0 Å². The van der Waals surface area contributed by atoms with Gasteiger partial charge < -0.3 is 14.8 Å². The Morgan fingerprint density at radius 2 is 2.12 bits per heavy atom. The van der Waals surface area contributed by atoms with Gasteiger partial charge in [0.15, 0.2) is 11.5 Å². The molecule has 0 unspecified atom stereocenters. The summed E-state index contributed by atoms with van der Waals surface area (Å²) in [4.78, 5) is 10.4. The largest absolute Gasteiger partial charge is 0.490 e. The third kappa shape index (κ3) is 5.35. The number of hydrogen-bond donors (Lipinski definition) is 1. The number of nitro groups is 1. The van der Waals surface area contributed by atoms with Gasteiger partial charge in [0.1, 0.15) is 6.61 Å². The van der Waals surface area contributed by atoms with Gasteiger partial charge in [0, 0.05) is 24.4 Å². The first-order valence-corrected chi connectivity index (χ1v) is 8.80. The molecule has 0 heterocycles. The minimum Gasteiger partial charge on any atom is -0.490 e. The first kappa shape index (κ1) is 19.0. The smallest absolute Gasteiger partial charge is 0.271 e. The van der Waals surface area contributed by atoms with Crippen LogP contribution in [0.2, 0.25) is 0 Å². The molecule has 0 saturated heterocycles. The minimum atomic E-state index is -0.410. The molecule has 0 aliphatic carbocycles. The van der Waals surface area contributed by atoms with E-state index >= 15 is 0 Å². The first-order valence-electron chi connectivity index (χ1n) is 7.72. The Labute approximate surface area is 160 Å². The molecule has 0 bridgehead atoms. The SMILES string of the molecule is C=CCOc1c(I)cc(CNc2cccc([N+](=O)[O-])c2)cc1OCC. The number of benzene rings is 2. The summed E-state index contributed by atoms with van der Waals surface area (Å²) in [6.45, 7) is 7.02. The molecule has 2 aromatic carbocycles. The lowest BCUT2D eigenvalue weighted by molar-refractivity contribution is -0.384. The quantitative estimate of drug-likeness (QED) is 0.256. The molecule has 0 spiro atoms. The molecule has 132 valence electrons. The predicted molar refractivity (Wildman–Crippen MR) is 106 cm³/mol. The second-order valence-corrected chi connectivity index (χ2v) is 6.26. The van der Waals surface area contributed by atoms with Gasteiger partial charge in [-0.3, -0.25) is 10.1 Å². The van der Waals surface area contributed by atoms with E-state index in [1.807, 2.05) is 19.1 Å². The summed E-state index contributed by atoms with van der Waals surface area (Å²) < 4.78 is 12.3. The average Bonchev–Trinajstić information content (AvgIpc) is 2.60. The number of nitrogens with one attached hydrogen (secondary N) is 1. The normalized spacial score (nSPS) is 10.2. The molecule has 0 amide bonds. The number of hydrogen-bond acceptors (Lipinski definition) is 5. The number of anilines is 1. The third-order valence-corrected chi connectivity index (χ3v) is 4.07. The topological polar surface area (TPSA) is 73.6 Å². The van der Waals surface area contributed by atoms with Crippen molar-refractivity contribution in [3.05, 3.63) is 68.3 Å². The van der Waals surface area contributed by atoms with Gasteiger partial charge in [-0.2, -0.15) is 0 Å². The predicted octanol–water partition coefficient (Wildman–Crippen LogP) is 4.78. The molecular formula is C18H19IN2O4. The van der Waals surface area contributed by atoms with E-state index in [2.05, 4.69) is 34.5 Å². The zero-order valence-electron chi connectivity index (χ0n) is 13.8. The summed E-state index contributed by atoms with van der Waals surface area (Å²) in [7, 11) is 0. The van der Waals surface area contributed by atoms with Crippen LogP contribution in [0.25, 0.3) is 0 Å². The average molecular weight is 454 g/mol. The van der Waals surface area contributed by atoms with Crippen LogP contribution < -0.4 is 14.8 Å². The number of non-ortho nitro benzene ring substituents is 1. The van der Waals surface area contributed by atoms with E-state index in [0.717, 1.165) is 9.13 Å². The zero-order chi connectivity index (χ0) is 18.2. The Morgan fingerprint density at radius 1 is 1.32 bits per heavy atom. The van der Waals surface area contributed by atoms with Gasteiger partial charge in [0.25, 0.3) is 5.69 Å². The Hall–Kier alpha value is -2.29. The fourth-order valence-corrected chi connectivity index (χ4v) is 3.02. The Bertz CT molecular complexity index is 765. The molecule has 2 aromatic rings. The van der Waals surface area contributed by atoms with Crippen molar-refractivity contribution in [1.29, 1.82) is 0 Å². The second kappa shape index (κ2) is 9.26. The fraction of sp³-hybridized carbons (Fsp3) is 0.222. The third-order valence-electron chi connectivity index (χ3n) is 3.27. The number of nitrogens with zero attached hydrogens (tertiary/aromatic N) is 1. The van der Waals surface area contributed by atoms with Gasteiger partial charge >= 0.3 is 0 Å². The highest BCUT2D eigenvalue weighted by atomic mass is 127. The summed E-state index contributed by atoms with van der Waals surface area (Å²) in [5.74, 6) is 1.37. The molecule has 0 aliphatic rings. The van der Waals surface area contributed by atoms with Gasteiger partial charge in [-0.15, -0.1) is 0 Å². The van der Waals surface area contributed by atoms with Crippen LogP contribution in [0.4, 0.5) is 11.4 Å². The maximum absolute atomic E-state index is 10.9. The van der Waals surface area contributed by atoms with Crippen LogP contribution in [0.3, 0.4) is 0 Å². The molecule has 6 nitrogen and oxygen atoms in total. The highest BCUT2D eigenvalue weighted by Gasteiger charge is 2.12. The zero-order valence-corrected chi connectivity index (χ0v) is 16.0. The monoisotopic (exact) mass is 454 g/mol. The van der Waals surface area contributed by atoms with Crippen molar-refractivity contribution in [3.63, 3.8) is 0 Å². The molecule has 0 radical (unpaired) electrons. The molecule has 1 N–H and O–H groups in total. The second-order valence-electron chi connectivity index (χ2n) is 5.10. The molecule has 25 heavy (non-hydrogen) atoms. The van der Waals surface area contributed by atoms with Gasteiger partial charge in [-0.25, -0.2) is 0 Å². The van der Waals surface area contributed by atoms with Crippen LogP contribution >= 0.6 is 22.6 Å². The lowest BCUT2D eigenvalue weighted by atomic mass is 10.2. The number of rotatable bonds is 9. The maximum atomic E-state index is 10.9. The summed E-state index contributed by atoms with van der Waals surface area (Å²) in [5, 5.41) is 14.0. The molecule has 0 fully saturated rings. The van der Waals surface area contributed by atoms with E-state index in [1.165, 1.54) is 12.1 Å². The number of halogens is 1. The van der Waals surface area contributed by atoms with Crippen molar-refractivity contribution >= 4 is 34.0 Å². The molecule has 2 rings (SSSR count). The molecule has 0 saturated carbocycles. The van der Waals surface area contributed by atoms with E-state index in [0.29, 0.717) is 36.9 Å². The van der Waals surface area contributed by atoms with E-state index in [1.54, 1.807) is 18.2 Å². The van der Waals surface area contributed by atoms with Gasteiger partial charge in [0.2, 0.25) is 0 Å². The van der Waals surface area contributed by atoms with Crippen LogP contribution in [0.1, 0.15) is 12.5 Å². The lowest BCUT2D eigenvalue weighted by Gasteiger charge is -2.15. The van der Waals surface area contributed by atoms with Crippen molar-refractivity contribution in [2.45, 2.75) is 13.5 Å². The molecular weight excluding hydrogens is 435 g/mol. The van der Waals surface area contributed by atoms with Crippen molar-refractivity contribution in [3.8, 4) is 11.5 Å². The first-order chi connectivity index (χ1) is 12.0. The van der Waals surface area contributed by atoms with E-state index in [-0.39, 0.29) is 5.69 Å². The van der Waals surface area contributed by atoms with E-state index in [4.69, 9.17) is 9.47 Å². The highest BCUT2D eigenvalue weighted by molar-refractivity contribution is 14.1. The Morgan fingerprint density at radius 3 is 2.80 bits per heavy atom. The van der Waals surface area contributed by atoms with E-state index < -0.39 is 4.92 Å². The van der Waals surface area contributed by atoms with Gasteiger partial charge in [-0.1, -0.05) is 18.7 Å². The summed E-state index contributed by atoms with van der Waals surface area (Å²) in [6, 6.07) is 10.3. The summed E-state index contributed by atoms with van der Waals surface area (Å²) in [5.41, 5.74) is 1.74. The minimum absolute atomic E-state index is 0.0581. The maximum Gasteiger partial charge on any atom is 0.271 e. The van der Waals surface area contributed by atoms with Gasteiger partial charge in [-0.05, 0) is 53.3 Å². The molecule has 0 aliphatic heterocycles. The summed E-state index contributed by atoms with van der Waals surface area (Å²) in [6.07, 6.45) is 1.68. The van der Waals surface area contributed by atoms with Crippen LogP contribution in [0.15, 0.2) is 49.1 Å². The Balaban J connectivity index is 2.17. The van der Waals surface area contributed by atoms with Crippen LogP contribution in [-0.2, 0) is 6.54 Å². The Kier molecular flexibility index (Phi) is 7.05. The fourth-order valence-electron chi connectivity index (χ4n) is 2.20. The number of ether oxygens (including phenoxy) is 2. The van der Waals surface area contributed by atoms with Crippen molar-refractivity contribution < 1.29 is 14.4 Å². The highest BCUT2D eigenvalue weighted by Crippen LogP contribution is 2.34. The molecule has 0 aromatic heterocycles. The van der Waals surface area contributed by atoms with Crippen LogP contribution in [0.5, 0.6) is 11.5 Å². The van der Waals surface area contributed by atoms with E-state index in [9.17, 15) is 10.1 Å². The van der Waals surface area contributed by atoms with Crippen molar-refractivity contribution in [2.24, 2.45) is 0 Å². The van der Waals surface area contributed by atoms with Crippen LogP contribution in [0, 0.1) is 13.7 Å². The van der Waals surface area contributed by atoms with Crippen LogP contribution in [-0.4, -0.2) is 18.1 Å². The van der Waals surface area contributed by atoms with Gasteiger partial charge in [0.05, 0.1) is 15.1 Å². The van der Waals surface area contributed by atoms with Crippen molar-refractivity contribution in [2.75, 3.05) is 18.5 Å². The standard InChI is InChI=1S/C18H19IN2O4/c1-3-8-25-18-16(19)9-13(10-17(18)24-4-2)12-20-14-6-5-7-15(11-14)21(22)23/h3,5-7,9-11,20H,1,4,8,12H2,2H3. The lowest BCUT2D eigenvalue weighted by Crippen LogP contribution is -2.05.